The number of allylic oxidation sites excluding steroid dienone is 4. The van der Waals surface area contributed by atoms with Crippen molar-refractivity contribution in [2.24, 2.45) is 0 Å². The molecule has 0 saturated heterocycles. The summed E-state index contributed by atoms with van der Waals surface area (Å²) in [7, 11) is 4.45. The zero-order valence-electron chi connectivity index (χ0n) is 23.5. The van der Waals surface area contributed by atoms with Crippen molar-refractivity contribution in [2.75, 3.05) is 20.7 Å². The Kier molecular flexibility index (Phi) is 25.7. The van der Waals surface area contributed by atoms with Crippen molar-refractivity contribution in [3.05, 3.63) is 24.3 Å². The van der Waals surface area contributed by atoms with E-state index in [1.165, 1.54) is 103 Å². The van der Waals surface area contributed by atoms with Gasteiger partial charge in [-0.25, -0.2) is 0 Å². The summed E-state index contributed by atoms with van der Waals surface area (Å²) in [5.74, 6) is -0.0398. The summed E-state index contributed by atoms with van der Waals surface area (Å²) in [6, 6.07) is 0.711. The number of rotatable bonds is 25. The lowest BCUT2D eigenvalue weighted by Crippen LogP contribution is -2.27. The average Bonchev–Trinajstić information content (AvgIpc) is 2.81. The van der Waals surface area contributed by atoms with Gasteiger partial charge in [0.1, 0.15) is 0 Å². The number of hydrogen-bond acceptors (Lipinski definition) is 3. The molecule has 0 fully saturated rings. The minimum Gasteiger partial charge on any atom is -0.466 e. The predicted octanol–water partition coefficient (Wildman–Crippen LogP) is 9.41. The SMILES string of the molecule is CCCCCC=CCC=CCCCCCCCCCC(CCCCCCC(=O)OCC)N(C)C. The van der Waals surface area contributed by atoms with E-state index in [0.29, 0.717) is 19.1 Å². The predicted molar refractivity (Wildman–Crippen MR) is 150 cm³/mol. The molecule has 1 unspecified atom stereocenters. The fourth-order valence-electron chi connectivity index (χ4n) is 4.44. The number of unbranched alkanes of at least 4 members (excludes halogenated alkanes) is 13. The maximum atomic E-state index is 11.4. The largest absolute Gasteiger partial charge is 0.466 e. The van der Waals surface area contributed by atoms with Gasteiger partial charge in [-0.1, -0.05) is 102 Å². The van der Waals surface area contributed by atoms with E-state index in [1.807, 2.05) is 6.92 Å². The Morgan fingerprint density at radius 2 is 1.18 bits per heavy atom. The Hall–Kier alpha value is -1.09. The molecule has 0 saturated carbocycles. The molecule has 0 N–H and O–H groups in total. The van der Waals surface area contributed by atoms with Crippen LogP contribution in [-0.2, 0) is 9.53 Å². The molecule has 0 aliphatic carbocycles. The van der Waals surface area contributed by atoms with Crippen LogP contribution in [-0.4, -0.2) is 37.6 Å². The standard InChI is InChI=1S/C31H59NO2/c1-5-7-8-9-10-11-12-13-14-15-16-17-18-19-20-21-24-27-30(32(3)4)28-25-22-23-26-29-31(33)34-6-2/h10-11,13-14,30H,5-9,12,15-29H2,1-4H3. The van der Waals surface area contributed by atoms with E-state index in [-0.39, 0.29) is 5.97 Å². The van der Waals surface area contributed by atoms with Gasteiger partial charge in [-0.05, 0) is 72.4 Å². The summed E-state index contributed by atoms with van der Waals surface area (Å²) >= 11 is 0. The quantitative estimate of drug-likeness (QED) is 0.0745. The molecule has 0 aromatic rings. The van der Waals surface area contributed by atoms with Crippen LogP contribution in [0.4, 0.5) is 0 Å². The highest BCUT2D eigenvalue weighted by atomic mass is 16.5. The maximum Gasteiger partial charge on any atom is 0.305 e. The molecule has 0 aromatic heterocycles. The van der Waals surface area contributed by atoms with Crippen LogP contribution in [0.3, 0.4) is 0 Å². The van der Waals surface area contributed by atoms with E-state index in [2.05, 4.69) is 50.2 Å². The lowest BCUT2D eigenvalue weighted by molar-refractivity contribution is -0.143. The third-order valence-corrected chi connectivity index (χ3v) is 6.69. The fraction of sp³-hybridized carbons (Fsp3) is 0.839. The second-order valence-electron chi connectivity index (χ2n) is 10.1. The molecule has 0 spiro atoms. The Balaban J connectivity index is 3.52. The van der Waals surface area contributed by atoms with Crippen molar-refractivity contribution in [2.45, 2.75) is 148 Å². The van der Waals surface area contributed by atoms with Crippen LogP contribution in [0.25, 0.3) is 0 Å². The minimum atomic E-state index is -0.0398. The molecule has 3 nitrogen and oxygen atoms in total. The van der Waals surface area contributed by atoms with Crippen LogP contribution in [0.15, 0.2) is 24.3 Å². The van der Waals surface area contributed by atoms with Crippen molar-refractivity contribution in [3.8, 4) is 0 Å². The highest BCUT2D eigenvalue weighted by Gasteiger charge is 2.10. The van der Waals surface area contributed by atoms with Gasteiger partial charge in [0.05, 0.1) is 6.61 Å². The molecule has 0 rings (SSSR count). The Labute approximate surface area is 213 Å². The molecular weight excluding hydrogens is 418 g/mol. The van der Waals surface area contributed by atoms with E-state index in [4.69, 9.17) is 4.74 Å². The zero-order chi connectivity index (χ0) is 25.1. The molecule has 0 aromatic carbocycles. The van der Waals surface area contributed by atoms with Gasteiger partial charge in [0.2, 0.25) is 0 Å². The Morgan fingerprint density at radius 3 is 1.71 bits per heavy atom. The van der Waals surface area contributed by atoms with Gasteiger partial charge in [-0.15, -0.1) is 0 Å². The van der Waals surface area contributed by atoms with Gasteiger partial charge in [0, 0.05) is 12.5 Å². The van der Waals surface area contributed by atoms with E-state index >= 15 is 0 Å². The number of carbonyl (C=O) groups is 1. The van der Waals surface area contributed by atoms with E-state index in [0.717, 1.165) is 19.3 Å². The third kappa shape index (κ3) is 24.0. The van der Waals surface area contributed by atoms with Crippen LogP contribution >= 0.6 is 0 Å². The molecule has 0 amide bonds. The molecular formula is C31H59NO2. The van der Waals surface area contributed by atoms with E-state index < -0.39 is 0 Å². The number of nitrogens with zero attached hydrogens (tertiary/aromatic N) is 1. The van der Waals surface area contributed by atoms with E-state index in [1.54, 1.807) is 0 Å². The first kappa shape index (κ1) is 32.9. The lowest BCUT2D eigenvalue weighted by atomic mass is 9.99. The number of esters is 1. The summed E-state index contributed by atoms with van der Waals surface area (Å²) in [6.07, 6.45) is 34.5. The smallest absolute Gasteiger partial charge is 0.305 e. The van der Waals surface area contributed by atoms with E-state index in [9.17, 15) is 4.79 Å². The summed E-state index contributed by atoms with van der Waals surface area (Å²) in [6.45, 7) is 4.63. The second kappa shape index (κ2) is 26.5. The first-order chi connectivity index (χ1) is 16.6. The monoisotopic (exact) mass is 477 g/mol. The molecule has 0 aliphatic rings. The van der Waals surface area contributed by atoms with Gasteiger partial charge < -0.3 is 9.64 Å². The molecule has 0 bridgehead atoms. The van der Waals surface area contributed by atoms with Crippen molar-refractivity contribution in [1.29, 1.82) is 0 Å². The zero-order valence-corrected chi connectivity index (χ0v) is 23.5. The summed E-state index contributed by atoms with van der Waals surface area (Å²) in [4.78, 5) is 13.8. The summed E-state index contributed by atoms with van der Waals surface area (Å²) in [5, 5.41) is 0. The molecule has 0 radical (unpaired) electrons. The first-order valence-corrected chi connectivity index (χ1v) is 14.7. The summed E-state index contributed by atoms with van der Waals surface area (Å²) in [5.41, 5.74) is 0. The van der Waals surface area contributed by atoms with Crippen LogP contribution < -0.4 is 0 Å². The van der Waals surface area contributed by atoms with Crippen LogP contribution in [0.1, 0.15) is 142 Å². The van der Waals surface area contributed by atoms with Crippen LogP contribution in [0.5, 0.6) is 0 Å². The molecule has 0 heterocycles. The highest BCUT2D eigenvalue weighted by molar-refractivity contribution is 5.69. The molecule has 1 atom stereocenters. The molecule has 0 aliphatic heterocycles. The van der Waals surface area contributed by atoms with Crippen molar-refractivity contribution in [3.63, 3.8) is 0 Å². The third-order valence-electron chi connectivity index (χ3n) is 6.69. The van der Waals surface area contributed by atoms with Gasteiger partial charge in [0.15, 0.2) is 0 Å². The van der Waals surface area contributed by atoms with Gasteiger partial charge in [0.25, 0.3) is 0 Å². The number of ether oxygens (including phenoxy) is 1. The maximum absolute atomic E-state index is 11.4. The normalized spacial score (nSPS) is 12.9. The van der Waals surface area contributed by atoms with Gasteiger partial charge in [-0.3, -0.25) is 4.79 Å². The Morgan fingerprint density at radius 1 is 0.676 bits per heavy atom. The number of hydrogen-bond donors (Lipinski definition) is 0. The molecule has 34 heavy (non-hydrogen) atoms. The second-order valence-corrected chi connectivity index (χ2v) is 10.1. The van der Waals surface area contributed by atoms with Crippen molar-refractivity contribution < 1.29 is 9.53 Å². The summed E-state index contributed by atoms with van der Waals surface area (Å²) < 4.78 is 4.99. The van der Waals surface area contributed by atoms with Crippen LogP contribution in [0, 0.1) is 0 Å². The minimum absolute atomic E-state index is 0.0398. The van der Waals surface area contributed by atoms with Crippen LogP contribution in [0.2, 0.25) is 0 Å². The van der Waals surface area contributed by atoms with Gasteiger partial charge in [-0.2, -0.15) is 0 Å². The highest BCUT2D eigenvalue weighted by Crippen LogP contribution is 2.17. The van der Waals surface area contributed by atoms with Gasteiger partial charge >= 0.3 is 5.97 Å². The fourth-order valence-corrected chi connectivity index (χ4v) is 4.44. The first-order valence-electron chi connectivity index (χ1n) is 14.7. The topological polar surface area (TPSA) is 29.5 Å². The lowest BCUT2D eigenvalue weighted by Gasteiger charge is -2.24. The molecule has 3 heteroatoms. The Bertz CT molecular complexity index is 484. The van der Waals surface area contributed by atoms with Crippen molar-refractivity contribution >= 4 is 5.97 Å². The number of carbonyl (C=O) groups excluding carboxylic acids is 1. The van der Waals surface area contributed by atoms with Crippen molar-refractivity contribution in [1.82, 2.24) is 4.90 Å². The molecule has 200 valence electrons. The average molecular weight is 478 g/mol.